The Balaban J connectivity index is 0. The van der Waals surface area contributed by atoms with Gasteiger partial charge < -0.3 is 5.11 Å². The number of aliphatic imine (C=N–C) groups is 1. The van der Waals surface area contributed by atoms with Crippen molar-refractivity contribution in [2.24, 2.45) is 4.99 Å². The molecule has 0 atom stereocenters. The smallest absolute Gasteiger partial charge is 0.327 e. The quantitative estimate of drug-likeness (QED) is 0.340. The van der Waals surface area contributed by atoms with Gasteiger partial charge in [-0.2, -0.15) is 0 Å². The summed E-state index contributed by atoms with van der Waals surface area (Å²) in [5.41, 5.74) is 0. The van der Waals surface area contributed by atoms with Crippen LogP contribution < -0.4 is 0 Å². The van der Waals surface area contributed by atoms with Crippen molar-refractivity contribution in [3.05, 3.63) is 12.7 Å². The van der Waals surface area contributed by atoms with E-state index >= 15 is 0 Å². The van der Waals surface area contributed by atoms with Crippen LogP contribution >= 0.6 is 12.2 Å². The Labute approximate surface area is 58.7 Å². The molecule has 0 rings (SSSR count). The third-order valence-electron chi connectivity index (χ3n) is 0.266. The highest BCUT2D eigenvalue weighted by atomic mass is 32.1. The third-order valence-corrected chi connectivity index (χ3v) is 0.448. The van der Waals surface area contributed by atoms with Crippen molar-refractivity contribution in [1.82, 2.24) is 0 Å². The lowest BCUT2D eigenvalue weighted by Crippen LogP contribution is -1.82. The van der Waals surface area contributed by atoms with E-state index in [1.807, 2.05) is 0 Å². The molecule has 50 valence electrons. The molecule has 0 aromatic heterocycles. The first kappa shape index (κ1) is 10.9. The van der Waals surface area contributed by atoms with E-state index in [1.54, 1.807) is 7.05 Å². The minimum Gasteiger partial charge on any atom is -0.478 e. The molecule has 0 spiro atoms. The third kappa shape index (κ3) is 43.6. The summed E-state index contributed by atoms with van der Waals surface area (Å²) in [7, 11) is 1.59. The van der Waals surface area contributed by atoms with Crippen LogP contribution in [-0.4, -0.2) is 23.3 Å². The van der Waals surface area contributed by atoms with Gasteiger partial charge in [-0.05, 0) is 12.2 Å². The van der Waals surface area contributed by atoms with Gasteiger partial charge in [-0.3, -0.25) is 0 Å². The summed E-state index contributed by atoms with van der Waals surface area (Å²) >= 11 is 4.14. The average Bonchev–Trinajstić information content (AvgIpc) is 1.89. The molecule has 0 fully saturated rings. The summed E-state index contributed by atoms with van der Waals surface area (Å²) in [4.78, 5) is 12.6. The second-order valence-electron chi connectivity index (χ2n) is 0.857. The molecule has 0 aliphatic carbocycles. The molecule has 0 bridgehead atoms. The first-order valence-electron chi connectivity index (χ1n) is 2.00. The molecule has 0 saturated heterocycles. The Kier molecular flexibility index (Phi) is 12.2. The number of rotatable bonds is 1. The van der Waals surface area contributed by atoms with Gasteiger partial charge in [-0.25, -0.2) is 9.79 Å². The fourth-order valence-corrected chi connectivity index (χ4v) is 0. The number of hydrogen-bond acceptors (Lipinski definition) is 3. The van der Waals surface area contributed by atoms with Crippen molar-refractivity contribution in [2.75, 3.05) is 7.05 Å². The monoisotopic (exact) mass is 145 g/mol. The number of nitrogens with zero attached hydrogens (tertiary/aromatic N) is 1. The predicted molar refractivity (Wildman–Crippen MR) is 38.8 cm³/mol. The molecule has 0 amide bonds. The molecule has 1 N–H and O–H groups in total. The zero-order valence-corrected chi connectivity index (χ0v) is 5.81. The second kappa shape index (κ2) is 10.1. The fourth-order valence-electron chi connectivity index (χ4n) is 0. The molecular weight excluding hydrogens is 138 g/mol. The van der Waals surface area contributed by atoms with Crippen molar-refractivity contribution in [2.45, 2.75) is 0 Å². The Bertz CT molecular complexity index is 138. The van der Waals surface area contributed by atoms with Gasteiger partial charge in [0.05, 0.1) is 5.16 Å². The summed E-state index contributed by atoms with van der Waals surface area (Å²) in [6, 6.07) is 0. The fraction of sp³-hybridized carbons (Fsp3) is 0.200. The number of carbonyl (C=O) groups is 1. The predicted octanol–water partition coefficient (Wildman–Crippen LogP) is 0.976. The zero-order valence-electron chi connectivity index (χ0n) is 5.00. The number of hydrogen-bond donors (Lipinski definition) is 1. The molecule has 0 saturated carbocycles. The van der Waals surface area contributed by atoms with E-state index in [0.29, 0.717) is 0 Å². The average molecular weight is 145 g/mol. The van der Waals surface area contributed by atoms with Gasteiger partial charge >= 0.3 is 5.97 Å². The van der Waals surface area contributed by atoms with Gasteiger partial charge in [0.25, 0.3) is 0 Å². The molecule has 0 aliphatic heterocycles. The first-order valence-corrected chi connectivity index (χ1v) is 2.41. The molecule has 0 aromatic rings. The summed E-state index contributed by atoms with van der Waals surface area (Å²) in [5, 5.41) is 9.74. The van der Waals surface area contributed by atoms with Gasteiger partial charge in [0, 0.05) is 13.1 Å². The molecule has 0 heterocycles. The number of carboxylic acids is 1. The van der Waals surface area contributed by atoms with E-state index < -0.39 is 5.97 Å². The van der Waals surface area contributed by atoms with Crippen LogP contribution in [0.4, 0.5) is 0 Å². The minimum absolute atomic E-state index is 0.833. The van der Waals surface area contributed by atoms with Crippen LogP contribution in [0.1, 0.15) is 0 Å². The lowest BCUT2D eigenvalue weighted by atomic mass is 10.7. The SMILES string of the molecule is C=CC(=O)O.CN=C=S. The molecule has 4 heteroatoms. The van der Waals surface area contributed by atoms with E-state index in [4.69, 9.17) is 5.11 Å². The van der Waals surface area contributed by atoms with Gasteiger partial charge in [0.15, 0.2) is 0 Å². The molecule has 3 nitrogen and oxygen atoms in total. The van der Waals surface area contributed by atoms with Crippen LogP contribution in [0.3, 0.4) is 0 Å². The lowest BCUT2D eigenvalue weighted by molar-refractivity contribution is -0.131. The maximum absolute atomic E-state index is 9.25. The van der Waals surface area contributed by atoms with Gasteiger partial charge in [-0.1, -0.05) is 6.58 Å². The van der Waals surface area contributed by atoms with E-state index in [1.165, 1.54) is 0 Å². The Morgan fingerprint density at radius 2 is 2.22 bits per heavy atom. The van der Waals surface area contributed by atoms with Crippen molar-refractivity contribution >= 4 is 23.3 Å². The van der Waals surface area contributed by atoms with Crippen LogP contribution in [0.15, 0.2) is 17.6 Å². The van der Waals surface area contributed by atoms with Crippen molar-refractivity contribution in [1.29, 1.82) is 0 Å². The Morgan fingerprint density at radius 3 is 2.22 bits per heavy atom. The van der Waals surface area contributed by atoms with Crippen molar-refractivity contribution < 1.29 is 9.90 Å². The number of carboxylic acid groups (broad SMARTS) is 1. The summed E-state index contributed by atoms with van der Waals surface area (Å²) < 4.78 is 0. The highest BCUT2D eigenvalue weighted by Crippen LogP contribution is 1.54. The topological polar surface area (TPSA) is 49.7 Å². The van der Waals surface area contributed by atoms with Crippen LogP contribution in [0, 0.1) is 0 Å². The highest BCUT2D eigenvalue weighted by Gasteiger charge is 1.73. The zero-order chi connectivity index (χ0) is 7.70. The molecule has 0 aromatic carbocycles. The molecular formula is C5H7NO2S. The molecule has 9 heavy (non-hydrogen) atoms. The second-order valence-corrected chi connectivity index (χ2v) is 1.04. The van der Waals surface area contributed by atoms with Gasteiger partial charge in [0.1, 0.15) is 0 Å². The number of thiocarbonyl (C=S) groups is 1. The maximum atomic E-state index is 9.25. The van der Waals surface area contributed by atoms with E-state index in [-0.39, 0.29) is 0 Å². The summed E-state index contributed by atoms with van der Waals surface area (Å²) in [5.74, 6) is -0.981. The number of aliphatic carboxylic acids is 1. The standard InChI is InChI=1S/C3H4O2.C2H3NS/c1-2-3(4)5;1-3-2-4/h2H,1H2,(H,4,5);1H3. The summed E-state index contributed by atoms with van der Waals surface area (Å²) in [6.07, 6.45) is 0.833. The Hall–Kier alpha value is -0.990. The van der Waals surface area contributed by atoms with Gasteiger partial charge in [0.2, 0.25) is 0 Å². The number of isothiocyanates is 1. The minimum atomic E-state index is -0.981. The van der Waals surface area contributed by atoms with Crippen LogP contribution in [0.5, 0.6) is 0 Å². The lowest BCUT2D eigenvalue weighted by Gasteiger charge is -1.64. The van der Waals surface area contributed by atoms with E-state index in [9.17, 15) is 4.79 Å². The largest absolute Gasteiger partial charge is 0.478 e. The molecule has 0 unspecified atom stereocenters. The van der Waals surface area contributed by atoms with E-state index in [2.05, 4.69) is 29.0 Å². The van der Waals surface area contributed by atoms with Crippen molar-refractivity contribution in [3.63, 3.8) is 0 Å². The molecule has 0 radical (unpaired) electrons. The molecule has 0 aliphatic rings. The van der Waals surface area contributed by atoms with Crippen molar-refractivity contribution in [3.8, 4) is 0 Å². The highest BCUT2D eigenvalue weighted by molar-refractivity contribution is 7.78. The van der Waals surface area contributed by atoms with Gasteiger partial charge in [-0.15, -0.1) is 0 Å². The first-order chi connectivity index (χ1) is 4.18. The normalized spacial score (nSPS) is 5.44. The van der Waals surface area contributed by atoms with Crippen LogP contribution in [0.2, 0.25) is 0 Å². The summed E-state index contributed by atoms with van der Waals surface area (Å²) in [6.45, 7) is 2.96. The van der Waals surface area contributed by atoms with Crippen LogP contribution in [-0.2, 0) is 4.79 Å². The van der Waals surface area contributed by atoms with Crippen LogP contribution in [0.25, 0.3) is 0 Å². The Morgan fingerprint density at radius 1 is 2.00 bits per heavy atom. The maximum Gasteiger partial charge on any atom is 0.327 e. The van der Waals surface area contributed by atoms with E-state index in [0.717, 1.165) is 6.08 Å².